The van der Waals surface area contributed by atoms with Gasteiger partial charge in [-0.05, 0) is 62.2 Å². The zero-order valence-electron chi connectivity index (χ0n) is 13.7. The van der Waals surface area contributed by atoms with Gasteiger partial charge in [0.25, 0.3) is 0 Å². The number of aryl methyl sites for hydroxylation is 2. The van der Waals surface area contributed by atoms with Crippen LogP contribution in [0, 0.1) is 13.8 Å². The number of ether oxygens (including phenoxy) is 1. The summed E-state index contributed by atoms with van der Waals surface area (Å²) >= 11 is 12.0. The standard InChI is InChI=1S/C18H20Cl2N2O/c1-5-22(4)11-21-17-6-13(3)18(7-12(17)2)23-16-9-14(19)8-15(20)10-16/h6-11H,5H2,1-4H3/b21-11+. The smallest absolute Gasteiger partial charge is 0.130 e. The van der Waals surface area contributed by atoms with Crippen molar-refractivity contribution in [2.75, 3.05) is 13.6 Å². The highest BCUT2D eigenvalue weighted by atomic mass is 35.5. The van der Waals surface area contributed by atoms with Gasteiger partial charge in [-0.15, -0.1) is 0 Å². The van der Waals surface area contributed by atoms with Crippen molar-refractivity contribution in [1.82, 2.24) is 4.90 Å². The maximum absolute atomic E-state index is 6.01. The molecule has 0 aliphatic carbocycles. The van der Waals surface area contributed by atoms with E-state index in [1.165, 1.54) is 0 Å². The van der Waals surface area contributed by atoms with E-state index in [9.17, 15) is 0 Å². The lowest BCUT2D eigenvalue weighted by Crippen LogP contribution is -2.14. The Morgan fingerprint density at radius 3 is 2.30 bits per heavy atom. The molecule has 0 unspecified atom stereocenters. The summed E-state index contributed by atoms with van der Waals surface area (Å²) < 4.78 is 5.92. The summed E-state index contributed by atoms with van der Waals surface area (Å²) in [4.78, 5) is 6.54. The molecule has 0 aliphatic heterocycles. The van der Waals surface area contributed by atoms with Crippen molar-refractivity contribution in [3.8, 4) is 11.5 Å². The highest BCUT2D eigenvalue weighted by molar-refractivity contribution is 6.34. The zero-order chi connectivity index (χ0) is 17.0. The van der Waals surface area contributed by atoms with Gasteiger partial charge in [0.2, 0.25) is 0 Å². The van der Waals surface area contributed by atoms with Crippen LogP contribution < -0.4 is 4.74 Å². The molecule has 0 fully saturated rings. The van der Waals surface area contributed by atoms with Gasteiger partial charge in [0.05, 0.1) is 12.0 Å². The molecule has 2 rings (SSSR count). The van der Waals surface area contributed by atoms with Gasteiger partial charge in [-0.1, -0.05) is 23.2 Å². The first-order valence-electron chi connectivity index (χ1n) is 7.38. The van der Waals surface area contributed by atoms with Crippen LogP contribution in [0.25, 0.3) is 0 Å². The van der Waals surface area contributed by atoms with Crippen LogP contribution >= 0.6 is 23.2 Å². The second-order valence-electron chi connectivity index (χ2n) is 5.43. The van der Waals surface area contributed by atoms with Gasteiger partial charge in [0.1, 0.15) is 11.5 Å². The maximum atomic E-state index is 6.01. The molecule has 0 saturated carbocycles. The molecule has 0 atom stereocenters. The molecule has 0 amide bonds. The van der Waals surface area contributed by atoms with E-state index in [-0.39, 0.29) is 0 Å². The third kappa shape index (κ3) is 4.88. The molecule has 0 aliphatic rings. The Morgan fingerprint density at radius 2 is 1.70 bits per heavy atom. The minimum Gasteiger partial charge on any atom is -0.457 e. The van der Waals surface area contributed by atoms with E-state index in [0.717, 1.165) is 29.1 Å². The van der Waals surface area contributed by atoms with E-state index >= 15 is 0 Å². The summed E-state index contributed by atoms with van der Waals surface area (Å²) in [7, 11) is 1.99. The lowest BCUT2D eigenvalue weighted by atomic mass is 10.1. The number of hydrogen-bond donors (Lipinski definition) is 0. The van der Waals surface area contributed by atoms with E-state index < -0.39 is 0 Å². The second kappa shape index (κ2) is 7.71. The molecule has 0 bridgehead atoms. The lowest BCUT2D eigenvalue weighted by Gasteiger charge is -2.13. The molecule has 0 saturated heterocycles. The van der Waals surface area contributed by atoms with Crippen LogP contribution in [0.3, 0.4) is 0 Å². The molecule has 0 spiro atoms. The van der Waals surface area contributed by atoms with E-state index in [2.05, 4.69) is 11.9 Å². The van der Waals surface area contributed by atoms with E-state index in [1.807, 2.05) is 44.3 Å². The number of hydrogen-bond acceptors (Lipinski definition) is 2. The SMILES string of the molecule is CCN(C)/C=N/c1cc(C)c(Oc2cc(Cl)cc(Cl)c2)cc1C. The van der Waals surface area contributed by atoms with E-state index in [0.29, 0.717) is 15.8 Å². The minimum absolute atomic E-state index is 0.547. The molecule has 23 heavy (non-hydrogen) atoms. The number of rotatable bonds is 5. The van der Waals surface area contributed by atoms with Crippen LogP contribution in [0.1, 0.15) is 18.1 Å². The van der Waals surface area contributed by atoms with Crippen molar-refractivity contribution >= 4 is 35.2 Å². The van der Waals surface area contributed by atoms with Crippen molar-refractivity contribution in [2.24, 2.45) is 4.99 Å². The Balaban J connectivity index is 2.27. The summed E-state index contributed by atoms with van der Waals surface area (Å²) in [6, 6.07) is 9.14. The molecular formula is C18H20Cl2N2O. The van der Waals surface area contributed by atoms with E-state index in [1.54, 1.807) is 18.2 Å². The molecule has 3 nitrogen and oxygen atoms in total. The van der Waals surface area contributed by atoms with Crippen molar-refractivity contribution in [1.29, 1.82) is 0 Å². The first-order chi connectivity index (χ1) is 10.9. The van der Waals surface area contributed by atoms with Crippen molar-refractivity contribution in [3.63, 3.8) is 0 Å². The maximum Gasteiger partial charge on any atom is 0.130 e. The quantitative estimate of drug-likeness (QED) is 0.486. The van der Waals surface area contributed by atoms with Gasteiger partial charge in [-0.3, -0.25) is 0 Å². The summed E-state index contributed by atoms with van der Waals surface area (Å²) in [6.07, 6.45) is 1.83. The summed E-state index contributed by atoms with van der Waals surface area (Å²) in [5, 5.41) is 1.09. The van der Waals surface area contributed by atoms with Crippen LogP contribution in [0.4, 0.5) is 5.69 Å². The van der Waals surface area contributed by atoms with Gasteiger partial charge >= 0.3 is 0 Å². The third-order valence-electron chi connectivity index (χ3n) is 3.45. The molecule has 2 aromatic rings. The van der Waals surface area contributed by atoms with Crippen LogP contribution in [0.15, 0.2) is 35.3 Å². The first kappa shape index (κ1) is 17.6. The van der Waals surface area contributed by atoms with Gasteiger partial charge in [0.15, 0.2) is 0 Å². The van der Waals surface area contributed by atoms with Gasteiger partial charge in [0, 0.05) is 23.6 Å². The predicted molar refractivity (Wildman–Crippen MR) is 98.9 cm³/mol. The number of nitrogens with zero attached hydrogens (tertiary/aromatic N) is 2. The lowest BCUT2D eigenvalue weighted by molar-refractivity contribution is 0.478. The number of benzene rings is 2. The van der Waals surface area contributed by atoms with Crippen molar-refractivity contribution in [3.05, 3.63) is 51.5 Å². The first-order valence-corrected chi connectivity index (χ1v) is 8.14. The minimum atomic E-state index is 0.547. The molecule has 0 heterocycles. The Hall–Kier alpha value is -1.71. The zero-order valence-corrected chi connectivity index (χ0v) is 15.2. The average molecular weight is 351 g/mol. The van der Waals surface area contributed by atoms with E-state index in [4.69, 9.17) is 27.9 Å². The fraction of sp³-hybridized carbons (Fsp3) is 0.278. The molecule has 2 aromatic carbocycles. The molecule has 122 valence electrons. The third-order valence-corrected chi connectivity index (χ3v) is 3.89. The largest absolute Gasteiger partial charge is 0.457 e. The van der Waals surface area contributed by atoms with Crippen LogP contribution in [0.2, 0.25) is 10.0 Å². The Labute approximate surface area is 147 Å². The molecule has 5 heteroatoms. The average Bonchev–Trinajstić information content (AvgIpc) is 2.47. The normalized spacial score (nSPS) is 11.0. The molecular weight excluding hydrogens is 331 g/mol. The van der Waals surface area contributed by atoms with Crippen molar-refractivity contribution in [2.45, 2.75) is 20.8 Å². The van der Waals surface area contributed by atoms with Crippen LogP contribution in [-0.2, 0) is 0 Å². The van der Waals surface area contributed by atoms with Gasteiger partial charge < -0.3 is 9.64 Å². The van der Waals surface area contributed by atoms with Gasteiger partial charge in [-0.2, -0.15) is 0 Å². The second-order valence-corrected chi connectivity index (χ2v) is 6.30. The van der Waals surface area contributed by atoms with Gasteiger partial charge in [-0.25, -0.2) is 4.99 Å². The Kier molecular flexibility index (Phi) is 5.91. The molecule has 0 radical (unpaired) electrons. The highest BCUT2D eigenvalue weighted by Crippen LogP contribution is 2.33. The number of aliphatic imine (C=N–C) groups is 1. The van der Waals surface area contributed by atoms with Crippen LogP contribution in [0.5, 0.6) is 11.5 Å². The fourth-order valence-corrected chi connectivity index (χ4v) is 2.49. The van der Waals surface area contributed by atoms with Crippen molar-refractivity contribution < 1.29 is 4.74 Å². The molecule has 0 aromatic heterocycles. The fourth-order valence-electron chi connectivity index (χ4n) is 1.98. The summed E-state index contributed by atoms with van der Waals surface area (Å²) in [6.45, 7) is 6.99. The Bertz CT molecular complexity index is 709. The highest BCUT2D eigenvalue weighted by Gasteiger charge is 2.07. The number of halogens is 2. The summed E-state index contributed by atoms with van der Waals surface area (Å²) in [5.74, 6) is 1.38. The topological polar surface area (TPSA) is 24.8 Å². The van der Waals surface area contributed by atoms with Crippen LogP contribution in [-0.4, -0.2) is 24.8 Å². The molecule has 0 N–H and O–H groups in total. The Morgan fingerprint density at radius 1 is 1.04 bits per heavy atom. The monoisotopic (exact) mass is 350 g/mol. The predicted octanol–water partition coefficient (Wildman–Crippen LogP) is 6.01. The summed E-state index contributed by atoms with van der Waals surface area (Å²) in [5.41, 5.74) is 2.97.